The molecule has 1 rings (SSSR count). The van der Waals surface area contributed by atoms with Gasteiger partial charge in [0.15, 0.2) is 0 Å². The summed E-state index contributed by atoms with van der Waals surface area (Å²) in [5.41, 5.74) is -0.542. The van der Waals surface area contributed by atoms with Crippen LogP contribution in [0.3, 0.4) is 0 Å². The Morgan fingerprint density at radius 1 is 1.70 bits per heavy atom. The summed E-state index contributed by atoms with van der Waals surface area (Å²) in [6, 6.07) is 0. The molecule has 2 heteroatoms. The molecule has 2 atom stereocenters. The molecule has 0 saturated heterocycles. The molecule has 1 N–H and O–H groups in total. The maximum Gasteiger partial charge on any atom is 0.0785 e. The Bertz CT molecular complexity index is 116. The third-order valence-electron chi connectivity index (χ3n) is 2.32. The summed E-state index contributed by atoms with van der Waals surface area (Å²) in [6.07, 6.45) is 4.15. The van der Waals surface area contributed by atoms with Gasteiger partial charge in [-0.2, -0.15) is 0 Å². The van der Waals surface area contributed by atoms with Crippen LogP contribution in [0.4, 0.5) is 0 Å². The number of halogens is 1. The highest BCUT2D eigenvalue weighted by Gasteiger charge is 2.31. The SMILES string of the molecule is C[C@@H]1CCC[C@](O)(CCl)C1. The summed E-state index contributed by atoms with van der Waals surface area (Å²) >= 11 is 5.64. The normalized spacial score (nSPS) is 41.7. The average Bonchev–Trinajstić information content (AvgIpc) is 1.88. The third-order valence-corrected chi connectivity index (χ3v) is 2.81. The van der Waals surface area contributed by atoms with E-state index in [0.29, 0.717) is 11.8 Å². The Hall–Kier alpha value is 0.250. The fraction of sp³-hybridized carbons (Fsp3) is 1.00. The quantitative estimate of drug-likeness (QED) is 0.586. The molecule has 1 saturated carbocycles. The van der Waals surface area contributed by atoms with Crippen LogP contribution in [0, 0.1) is 5.92 Å². The number of hydrogen-bond donors (Lipinski definition) is 1. The Labute approximate surface area is 67.4 Å². The first kappa shape index (κ1) is 8.35. The van der Waals surface area contributed by atoms with Gasteiger partial charge in [-0.3, -0.25) is 0 Å². The molecule has 0 unspecified atom stereocenters. The van der Waals surface area contributed by atoms with Gasteiger partial charge in [-0.25, -0.2) is 0 Å². The topological polar surface area (TPSA) is 20.2 Å². The minimum Gasteiger partial charge on any atom is -0.389 e. The van der Waals surface area contributed by atoms with Crippen molar-refractivity contribution in [1.82, 2.24) is 0 Å². The van der Waals surface area contributed by atoms with Crippen LogP contribution in [0.25, 0.3) is 0 Å². The molecule has 0 aliphatic heterocycles. The summed E-state index contributed by atoms with van der Waals surface area (Å²) in [5, 5.41) is 9.72. The molecule has 0 bridgehead atoms. The number of hydrogen-bond acceptors (Lipinski definition) is 1. The third kappa shape index (κ3) is 1.86. The van der Waals surface area contributed by atoms with Gasteiger partial charge in [-0.15, -0.1) is 11.6 Å². The molecule has 0 heterocycles. The Balaban J connectivity index is 2.45. The van der Waals surface area contributed by atoms with Crippen molar-refractivity contribution in [3.63, 3.8) is 0 Å². The second-order valence-corrected chi connectivity index (χ2v) is 3.83. The monoisotopic (exact) mass is 162 g/mol. The largest absolute Gasteiger partial charge is 0.389 e. The van der Waals surface area contributed by atoms with E-state index in [1.165, 1.54) is 6.42 Å². The first-order chi connectivity index (χ1) is 4.66. The van der Waals surface area contributed by atoms with Gasteiger partial charge in [0.25, 0.3) is 0 Å². The highest BCUT2D eigenvalue weighted by atomic mass is 35.5. The molecule has 0 aromatic rings. The maximum absolute atomic E-state index is 9.72. The second-order valence-electron chi connectivity index (χ2n) is 3.56. The van der Waals surface area contributed by atoms with Gasteiger partial charge in [0.1, 0.15) is 0 Å². The van der Waals surface area contributed by atoms with Crippen LogP contribution in [-0.2, 0) is 0 Å². The van der Waals surface area contributed by atoms with Crippen LogP contribution in [0.5, 0.6) is 0 Å². The number of alkyl halides is 1. The second kappa shape index (κ2) is 3.10. The van der Waals surface area contributed by atoms with E-state index < -0.39 is 5.60 Å². The van der Waals surface area contributed by atoms with E-state index in [1.54, 1.807) is 0 Å². The standard InChI is InChI=1S/C8H15ClO/c1-7-3-2-4-8(10,5-7)6-9/h7,10H,2-6H2,1H3/t7-,8-/m1/s1. The van der Waals surface area contributed by atoms with Gasteiger partial charge in [0.2, 0.25) is 0 Å². The van der Waals surface area contributed by atoms with Crippen LogP contribution in [-0.4, -0.2) is 16.6 Å². The zero-order valence-electron chi connectivity index (χ0n) is 6.44. The molecule has 1 fully saturated rings. The van der Waals surface area contributed by atoms with Gasteiger partial charge in [0, 0.05) is 0 Å². The first-order valence-electron chi connectivity index (χ1n) is 3.95. The van der Waals surface area contributed by atoms with Gasteiger partial charge in [-0.05, 0) is 18.8 Å². The van der Waals surface area contributed by atoms with Gasteiger partial charge in [0.05, 0.1) is 11.5 Å². The van der Waals surface area contributed by atoms with Gasteiger partial charge >= 0.3 is 0 Å². The summed E-state index contributed by atoms with van der Waals surface area (Å²) < 4.78 is 0. The van der Waals surface area contributed by atoms with Crippen molar-refractivity contribution in [3.05, 3.63) is 0 Å². The lowest BCUT2D eigenvalue weighted by Crippen LogP contribution is -2.36. The van der Waals surface area contributed by atoms with E-state index in [-0.39, 0.29) is 0 Å². The zero-order valence-corrected chi connectivity index (χ0v) is 7.19. The first-order valence-corrected chi connectivity index (χ1v) is 4.48. The summed E-state index contributed by atoms with van der Waals surface area (Å²) in [4.78, 5) is 0. The highest BCUT2D eigenvalue weighted by Crippen LogP contribution is 2.32. The predicted molar refractivity (Wildman–Crippen MR) is 43.3 cm³/mol. The Morgan fingerprint density at radius 3 is 2.80 bits per heavy atom. The van der Waals surface area contributed by atoms with Crippen molar-refractivity contribution in [3.8, 4) is 0 Å². The van der Waals surface area contributed by atoms with Crippen molar-refractivity contribution >= 4 is 11.6 Å². The smallest absolute Gasteiger partial charge is 0.0785 e. The van der Waals surface area contributed by atoms with Crippen LogP contribution in [0.15, 0.2) is 0 Å². The van der Waals surface area contributed by atoms with Crippen molar-refractivity contribution < 1.29 is 5.11 Å². The Morgan fingerprint density at radius 2 is 2.40 bits per heavy atom. The highest BCUT2D eigenvalue weighted by molar-refractivity contribution is 6.18. The van der Waals surface area contributed by atoms with Crippen molar-refractivity contribution in [2.24, 2.45) is 5.92 Å². The molecule has 0 aromatic carbocycles. The van der Waals surface area contributed by atoms with Crippen molar-refractivity contribution in [2.45, 2.75) is 38.2 Å². The van der Waals surface area contributed by atoms with Crippen LogP contribution >= 0.6 is 11.6 Å². The number of rotatable bonds is 1. The summed E-state index contributed by atoms with van der Waals surface area (Å²) in [7, 11) is 0. The van der Waals surface area contributed by atoms with Crippen LogP contribution in [0.2, 0.25) is 0 Å². The molecular weight excluding hydrogens is 148 g/mol. The molecule has 1 aliphatic rings. The maximum atomic E-state index is 9.72. The predicted octanol–water partition coefficient (Wildman–Crippen LogP) is 2.17. The van der Waals surface area contributed by atoms with E-state index in [0.717, 1.165) is 19.3 Å². The zero-order chi connectivity index (χ0) is 7.61. The van der Waals surface area contributed by atoms with E-state index in [9.17, 15) is 5.11 Å². The fourth-order valence-corrected chi connectivity index (χ4v) is 2.00. The lowest BCUT2D eigenvalue weighted by molar-refractivity contribution is 0.00788. The summed E-state index contributed by atoms with van der Waals surface area (Å²) in [5.74, 6) is 1.05. The van der Waals surface area contributed by atoms with E-state index in [1.807, 2.05) is 0 Å². The molecule has 1 aliphatic carbocycles. The number of aliphatic hydroxyl groups is 1. The van der Waals surface area contributed by atoms with E-state index >= 15 is 0 Å². The fourth-order valence-electron chi connectivity index (χ4n) is 1.75. The molecule has 10 heavy (non-hydrogen) atoms. The van der Waals surface area contributed by atoms with Crippen LogP contribution < -0.4 is 0 Å². The summed E-state index contributed by atoms with van der Waals surface area (Å²) in [6.45, 7) is 2.18. The van der Waals surface area contributed by atoms with Gasteiger partial charge in [-0.1, -0.05) is 19.8 Å². The molecule has 0 aromatic heterocycles. The van der Waals surface area contributed by atoms with Gasteiger partial charge < -0.3 is 5.11 Å². The lowest BCUT2D eigenvalue weighted by Gasteiger charge is -2.33. The van der Waals surface area contributed by atoms with Crippen LogP contribution in [0.1, 0.15) is 32.6 Å². The average molecular weight is 163 g/mol. The molecule has 1 nitrogen and oxygen atoms in total. The molecule has 0 radical (unpaired) electrons. The van der Waals surface area contributed by atoms with E-state index in [2.05, 4.69) is 6.92 Å². The molecular formula is C8H15ClO. The van der Waals surface area contributed by atoms with Crippen molar-refractivity contribution in [2.75, 3.05) is 5.88 Å². The Kier molecular flexibility index (Phi) is 2.59. The molecule has 60 valence electrons. The minimum atomic E-state index is -0.542. The molecule has 0 amide bonds. The minimum absolute atomic E-state index is 0.400. The lowest BCUT2D eigenvalue weighted by atomic mass is 9.80. The van der Waals surface area contributed by atoms with E-state index in [4.69, 9.17) is 11.6 Å². The van der Waals surface area contributed by atoms with Crippen molar-refractivity contribution in [1.29, 1.82) is 0 Å². The molecule has 0 spiro atoms.